The lowest BCUT2D eigenvalue weighted by Gasteiger charge is -2.26. The van der Waals surface area contributed by atoms with E-state index < -0.39 is 34.0 Å². The number of amides is 1. The molecule has 0 saturated carbocycles. The van der Waals surface area contributed by atoms with Crippen molar-refractivity contribution in [2.75, 3.05) is 18.6 Å². The van der Waals surface area contributed by atoms with Gasteiger partial charge in [-0.2, -0.15) is 4.31 Å². The van der Waals surface area contributed by atoms with Gasteiger partial charge in [0.15, 0.2) is 0 Å². The fraction of sp³-hybridized carbons (Fsp3) is 0.278. The highest BCUT2D eigenvalue weighted by molar-refractivity contribution is 7.89. The first-order chi connectivity index (χ1) is 21.7. The maximum atomic E-state index is 13.5. The quantitative estimate of drug-likeness (QED) is 0.216. The molecule has 4 aromatic rings. The molecule has 4 aromatic carbocycles. The fourth-order valence-corrected chi connectivity index (χ4v) is 7.32. The van der Waals surface area contributed by atoms with Gasteiger partial charge in [-0.25, -0.2) is 13.2 Å². The van der Waals surface area contributed by atoms with Gasteiger partial charge in [0.25, 0.3) is 0 Å². The Kier molecular flexibility index (Phi) is 10.3. The summed E-state index contributed by atoms with van der Waals surface area (Å²) in [5.74, 6) is -1.10. The van der Waals surface area contributed by atoms with Crippen LogP contribution in [0.4, 0.5) is 5.69 Å². The van der Waals surface area contributed by atoms with Crippen LogP contribution in [0.15, 0.2) is 114 Å². The molecule has 1 N–H and O–H groups in total. The van der Waals surface area contributed by atoms with E-state index in [1.165, 1.54) is 22.5 Å². The molecule has 0 bridgehead atoms. The van der Waals surface area contributed by atoms with Gasteiger partial charge in [-0.15, -0.1) is 0 Å². The predicted octanol–water partition coefficient (Wildman–Crippen LogP) is 5.26. The summed E-state index contributed by atoms with van der Waals surface area (Å²) in [4.78, 5) is 28.7. The molecule has 0 aliphatic carbocycles. The number of hydrogen-bond acceptors (Lipinski definition) is 6. The number of methoxy groups -OCH3 is 1. The van der Waals surface area contributed by atoms with Crippen LogP contribution < -0.4 is 10.2 Å². The van der Waals surface area contributed by atoms with Crippen LogP contribution in [0.5, 0.6) is 0 Å². The summed E-state index contributed by atoms with van der Waals surface area (Å²) >= 11 is 0. The van der Waals surface area contributed by atoms with Crippen molar-refractivity contribution in [3.63, 3.8) is 0 Å². The minimum Gasteiger partial charge on any atom is -0.467 e. The van der Waals surface area contributed by atoms with Gasteiger partial charge < -0.3 is 15.0 Å². The van der Waals surface area contributed by atoms with Crippen LogP contribution in [-0.2, 0) is 43.9 Å². The van der Waals surface area contributed by atoms with Gasteiger partial charge >= 0.3 is 5.97 Å². The average Bonchev–Trinajstić information content (AvgIpc) is 3.57. The second-order valence-electron chi connectivity index (χ2n) is 11.4. The van der Waals surface area contributed by atoms with Crippen LogP contribution in [0.3, 0.4) is 0 Å². The highest BCUT2D eigenvalue weighted by atomic mass is 32.2. The molecule has 1 saturated heterocycles. The van der Waals surface area contributed by atoms with Gasteiger partial charge in [0.05, 0.1) is 12.0 Å². The van der Waals surface area contributed by atoms with Crippen LogP contribution in [0.1, 0.15) is 35.1 Å². The Morgan fingerprint density at radius 1 is 0.844 bits per heavy atom. The van der Waals surface area contributed by atoms with E-state index >= 15 is 0 Å². The predicted molar refractivity (Wildman–Crippen MR) is 175 cm³/mol. The minimum absolute atomic E-state index is 0.144. The zero-order valence-corrected chi connectivity index (χ0v) is 26.5. The number of ether oxygens (including phenoxy) is 1. The van der Waals surface area contributed by atoms with Crippen LogP contribution >= 0.6 is 0 Å². The summed E-state index contributed by atoms with van der Waals surface area (Å²) in [5.41, 5.74) is 5.18. The summed E-state index contributed by atoms with van der Waals surface area (Å²) in [7, 11) is -2.60. The van der Waals surface area contributed by atoms with Gasteiger partial charge in [-0.05, 0) is 60.7 Å². The normalized spacial score (nSPS) is 15.7. The molecule has 1 aliphatic heterocycles. The van der Waals surface area contributed by atoms with Crippen molar-refractivity contribution in [3.05, 3.63) is 131 Å². The lowest BCUT2D eigenvalue weighted by molar-refractivity contribution is -0.145. The second-order valence-corrected chi connectivity index (χ2v) is 13.3. The highest BCUT2D eigenvalue weighted by Crippen LogP contribution is 2.27. The third kappa shape index (κ3) is 7.98. The first-order valence-electron chi connectivity index (χ1n) is 15.1. The van der Waals surface area contributed by atoms with Crippen LogP contribution in [0.2, 0.25) is 0 Å². The number of carbonyl (C=O) groups excluding carboxylic acids is 2. The van der Waals surface area contributed by atoms with Gasteiger partial charge in [-0.3, -0.25) is 4.79 Å². The Balaban J connectivity index is 1.30. The molecule has 2 atom stereocenters. The largest absolute Gasteiger partial charge is 0.467 e. The third-order valence-corrected chi connectivity index (χ3v) is 10.0. The fourth-order valence-electron chi connectivity index (χ4n) is 5.66. The smallest absolute Gasteiger partial charge is 0.328 e. The molecule has 0 unspecified atom stereocenters. The number of esters is 1. The van der Waals surface area contributed by atoms with E-state index in [0.29, 0.717) is 12.8 Å². The van der Waals surface area contributed by atoms with E-state index in [9.17, 15) is 18.0 Å². The van der Waals surface area contributed by atoms with Crippen LogP contribution in [0.25, 0.3) is 0 Å². The van der Waals surface area contributed by atoms with Gasteiger partial charge in [0.2, 0.25) is 15.9 Å². The zero-order chi connectivity index (χ0) is 31.8. The Hall–Kier alpha value is -4.47. The molecular formula is C36H39N3O5S. The van der Waals surface area contributed by atoms with Crippen molar-refractivity contribution in [2.45, 2.75) is 56.3 Å². The number of nitrogens with one attached hydrogen (secondary N) is 1. The van der Waals surface area contributed by atoms with E-state index in [0.717, 1.165) is 29.9 Å². The first kappa shape index (κ1) is 31.9. The van der Waals surface area contributed by atoms with E-state index in [1.54, 1.807) is 24.3 Å². The van der Waals surface area contributed by atoms with Gasteiger partial charge in [-0.1, -0.05) is 90.5 Å². The number of benzene rings is 4. The highest BCUT2D eigenvalue weighted by Gasteiger charge is 2.40. The summed E-state index contributed by atoms with van der Waals surface area (Å²) < 4.78 is 33.1. The molecular weight excluding hydrogens is 586 g/mol. The number of hydrogen-bond donors (Lipinski definition) is 1. The summed E-state index contributed by atoms with van der Waals surface area (Å²) in [5, 5.41) is 2.79. The molecule has 1 amide bonds. The Bertz CT molecular complexity index is 1640. The van der Waals surface area contributed by atoms with Gasteiger partial charge in [0, 0.05) is 31.7 Å². The summed E-state index contributed by atoms with van der Waals surface area (Å²) in [6, 6.07) is 33.2. The lowest BCUT2D eigenvalue weighted by atomic mass is 10.0. The van der Waals surface area contributed by atoms with Crippen molar-refractivity contribution >= 4 is 27.6 Å². The number of aryl methyl sites for hydroxylation is 1. The maximum absolute atomic E-state index is 13.5. The number of carbonyl (C=O) groups is 2. The van der Waals surface area contributed by atoms with E-state index in [2.05, 4.69) is 34.5 Å². The molecule has 234 valence electrons. The molecule has 45 heavy (non-hydrogen) atoms. The standard InChI is InChI=1S/C36H39N3O5S/c1-27-15-21-32(22-16-27)45(42,43)39-23-9-14-34(39)35(40)37-33(36(41)44-2)24-28-17-19-31(20-18-28)38(25-29-10-5-3-6-11-29)26-30-12-7-4-8-13-30/h3-8,10-13,15-22,33-34H,9,14,23-26H2,1-2H3,(H,37,40)/t33-,34-/m0/s1. The number of sulfonamides is 1. The topological polar surface area (TPSA) is 96.0 Å². The maximum Gasteiger partial charge on any atom is 0.328 e. The van der Waals surface area contributed by atoms with E-state index in [4.69, 9.17) is 4.74 Å². The first-order valence-corrected chi connectivity index (χ1v) is 16.6. The minimum atomic E-state index is -3.88. The summed E-state index contributed by atoms with van der Waals surface area (Å²) in [6.45, 7) is 3.56. The number of rotatable bonds is 12. The van der Waals surface area contributed by atoms with Crippen molar-refractivity contribution < 1.29 is 22.7 Å². The molecule has 0 spiro atoms. The van der Waals surface area contributed by atoms with Crippen molar-refractivity contribution in [1.82, 2.24) is 9.62 Å². The second kappa shape index (κ2) is 14.5. The molecule has 0 aromatic heterocycles. The molecule has 1 aliphatic rings. The molecule has 9 heteroatoms. The van der Waals surface area contributed by atoms with Crippen LogP contribution in [0, 0.1) is 6.92 Å². The third-order valence-electron chi connectivity index (χ3n) is 8.11. The van der Waals surface area contributed by atoms with Crippen molar-refractivity contribution in [1.29, 1.82) is 0 Å². The number of anilines is 1. The van der Waals surface area contributed by atoms with Crippen LogP contribution in [-0.4, -0.2) is 50.3 Å². The molecule has 0 radical (unpaired) electrons. The van der Waals surface area contributed by atoms with Crippen molar-refractivity contribution in [3.8, 4) is 0 Å². The Morgan fingerprint density at radius 2 is 1.42 bits per heavy atom. The van der Waals surface area contributed by atoms with Crippen molar-refractivity contribution in [2.24, 2.45) is 0 Å². The molecule has 1 fully saturated rings. The monoisotopic (exact) mass is 625 g/mol. The van der Waals surface area contributed by atoms with Gasteiger partial charge in [0.1, 0.15) is 12.1 Å². The molecule has 5 rings (SSSR count). The zero-order valence-electron chi connectivity index (χ0n) is 25.6. The average molecular weight is 626 g/mol. The van der Waals surface area contributed by atoms with E-state index in [1.807, 2.05) is 67.6 Å². The molecule has 1 heterocycles. The summed E-state index contributed by atoms with van der Waals surface area (Å²) in [6.07, 6.45) is 1.13. The Morgan fingerprint density at radius 3 is 1.98 bits per heavy atom. The molecule has 8 nitrogen and oxygen atoms in total. The van der Waals surface area contributed by atoms with E-state index in [-0.39, 0.29) is 17.9 Å². The number of nitrogens with zero attached hydrogens (tertiary/aromatic N) is 2. The SMILES string of the molecule is COC(=O)[C@H](Cc1ccc(N(Cc2ccccc2)Cc2ccccc2)cc1)NC(=O)[C@@H]1CCCN1S(=O)(=O)c1ccc(C)cc1. The lowest BCUT2D eigenvalue weighted by Crippen LogP contribution is -2.51. The Labute approximate surface area is 265 Å².